The van der Waals surface area contributed by atoms with Gasteiger partial charge in [0.15, 0.2) is 5.96 Å². The fourth-order valence-corrected chi connectivity index (χ4v) is 4.75. The number of carbonyl (C=O) groups is 5. The number of nitrogens with two attached hydrogens (primary N) is 2. The van der Waals surface area contributed by atoms with Gasteiger partial charge in [-0.15, -0.1) is 22.7 Å². The third kappa shape index (κ3) is 8.21. The molecule has 4 bridgehead atoms. The second-order valence-electron chi connectivity index (χ2n) is 7.79. The van der Waals surface area contributed by atoms with Crippen molar-refractivity contribution < 1.29 is 29.1 Å². The van der Waals surface area contributed by atoms with E-state index in [2.05, 4.69) is 36.2 Å². The summed E-state index contributed by atoms with van der Waals surface area (Å²) in [5, 5.41) is 23.2. The Balaban J connectivity index is 1.85. The first-order valence-corrected chi connectivity index (χ1v) is 12.7. The second kappa shape index (κ2) is 12.7. The molecule has 0 spiro atoms. The number of hydrogen-bond donors (Lipinski definition) is 7. The highest BCUT2D eigenvalue weighted by Crippen LogP contribution is 2.25. The Kier molecular flexibility index (Phi) is 9.45. The van der Waals surface area contributed by atoms with Crippen LogP contribution in [-0.4, -0.2) is 75.8 Å². The molecule has 37 heavy (non-hydrogen) atoms. The van der Waals surface area contributed by atoms with Crippen LogP contribution in [0.1, 0.15) is 34.8 Å². The number of aliphatic imine (C=N–C) groups is 1. The molecule has 3 rings (SSSR count). The van der Waals surface area contributed by atoms with Crippen molar-refractivity contribution in [2.45, 2.75) is 37.9 Å². The van der Waals surface area contributed by atoms with Gasteiger partial charge in [0.1, 0.15) is 33.5 Å². The molecule has 0 saturated carbocycles. The lowest BCUT2D eigenvalue weighted by Crippen LogP contribution is -2.52. The van der Waals surface area contributed by atoms with Crippen molar-refractivity contribution in [1.82, 2.24) is 31.2 Å². The molecule has 0 aromatic carbocycles. The molecular formula is C20H25N9O6S2. The zero-order chi connectivity index (χ0) is 26.9. The minimum atomic E-state index is -1.38. The van der Waals surface area contributed by atoms with Crippen LogP contribution in [0.4, 0.5) is 0 Å². The molecule has 0 saturated heterocycles. The number of carbonyl (C=O) groups excluding carboxylic acids is 4. The summed E-state index contributed by atoms with van der Waals surface area (Å²) in [6.07, 6.45) is -0.181. The lowest BCUT2D eigenvalue weighted by molar-refractivity contribution is -0.140. The number of guanidine groups is 1. The molecule has 9 N–H and O–H groups in total. The van der Waals surface area contributed by atoms with Gasteiger partial charge in [0.05, 0.1) is 19.5 Å². The summed E-state index contributed by atoms with van der Waals surface area (Å²) in [5.41, 5.74) is 11.2. The molecule has 0 unspecified atom stereocenters. The van der Waals surface area contributed by atoms with Gasteiger partial charge in [-0.25, -0.2) is 9.97 Å². The van der Waals surface area contributed by atoms with Crippen LogP contribution >= 0.6 is 22.7 Å². The zero-order valence-corrected chi connectivity index (χ0v) is 21.0. The molecule has 4 amide bonds. The predicted molar refractivity (Wildman–Crippen MR) is 133 cm³/mol. The van der Waals surface area contributed by atoms with E-state index in [-0.39, 0.29) is 31.2 Å². The Labute approximate surface area is 218 Å². The molecule has 0 fully saturated rings. The topological polar surface area (TPSA) is 244 Å². The van der Waals surface area contributed by atoms with Crippen molar-refractivity contribution in [3.8, 4) is 10.7 Å². The van der Waals surface area contributed by atoms with Crippen LogP contribution in [0, 0.1) is 0 Å². The lowest BCUT2D eigenvalue weighted by atomic mass is 10.1. The average molecular weight is 552 g/mol. The maximum atomic E-state index is 12.8. The van der Waals surface area contributed by atoms with E-state index in [1.54, 1.807) is 5.38 Å². The van der Waals surface area contributed by atoms with Crippen molar-refractivity contribution in [2.75, 3.05) is 13.1 Å². The molecule has 1 aliphatic heterocycles. The minimum absolute atomic E-state index is 0.00746. The Bertz CT molecular complexity index is 1210. The summed E-state index contributed by atoms with van der Waals surface area (Å²) in [7, 11) is 0. The standard InChI is InChI=1S/C20H25N9O6S2/c21-20(22)23-3-1-2-9-16(33)24-5-13(30)26-10(4-15(31)32)17(34)25-6-14-27-12(8-36-14)19-29-11(7-37-19)18(35)28-9/h7-10H,1-6H2,(H,24,33)(H,25,34)(H,26,30)(H,28,35)(H,31,32)(H4,21,22,23)/t9-,10-/m0/s1. The third-order valence-corrected chi connectivity index (χ3v) is 6.66. The van der Waals surface area contributed by atoms with E-state index < -0.39 is 54.6 Å². The maximum Gasteiger partial charge on any atom is 0.305 e. The summed E-state index contributed by atoms with van der Waals surface area (Å²) in [5.74, 6) is -4.20. The Morgan fingerprint density at radius 1 is 1.00 bits per heavy atom. The Morgan fingerprint density at radius 2 is 1.70 bits per heavy atom. The summed E-state index contributed by atoms with van der Waals surface area (Å²) < 4.78 is 0. The SMILES string of the molecule is NC(N)=NCCC[C@@H]1NC(=O)c2csc(n2)-c2csc(n2)CNC(=O)[C@H](CC(=O)O)NC(=O)CNC1=O. The summed E-state index contributed by atoms with van der Waals surface area (Å²) in [6.45, 7) is -0.354. The van der Waals surface area contributed by atoms with E-state index >= 15 is 0 Å². The number of hydrogen-bond acceptors (Lipinski definition) is 10. The van der Waals surface area contributed by atoms with Gasteiger partial charge in [0.25, 0.3) is 5.91 Å². The van der Waals surface area contributed by atoms with Crippen LogP contribution < -0.4 is 32.7 Å². The van der Waals surface area contributed by atoms with Crippen LogP contribution in [0.2, 0.25) is 0 Å². The quantitative estimate of drug-likeness (QED) is 0.120. The Hall–Kier alpha value is -4.12. The fourth-order valence-electron chi connectivity index (χ4n) is 3.20. The normalized spacial score (nSPS) is 18.9. The third-order valence-electron chi connectivity index (χ3n) is 4.94. The summed E-state index contributed by atoms with van der Waals surface area (Å²) >= 11 is 2.42. The minimum Gasteiger partial charge on any atom is -0.481 e. The maximum absolute atomic E-state index is 12.8. The number of carboxylic acids is 1. The highest BCUT2D eigenvalue weighted by atomic mass is 32.1. The van der Waals surface area contributed by atoms with Gasteiger partial charge in [-0.05, 0) is 12.8 Å². The lowest BCUT2D eigenvalue weighted by Gasteiger charge is -2.19. The zero-order valence-electron chi connectivity index (χ0n) is 19.4. The molecule has 15 nitrogen and oxygen atoms in total. The van der Waals surface area contributed by atoms with Crippen LogP contribution in [0.25, 0.3) is 10.7 Å². The largest absolute Gasteiger partial charge is 0.481 e. The summed E-state index contributed by atoms with van der Waals surface area (Å²) in [4.78, 5) is 74.4. The Morgan fingerprint density at radius 3 is 2.43 bits per heavy atom. The van der Waals surface area contributed by atoms with Crippen molar-refractivity contribution in [3.05, 3.63) is 21.5 Å². The van der Waals surface area contributed by atoms with Crippen molar-refractivity contribution >= 4 is 58.2 Å². The van der Waals surface area contributed by atoms with Crippen molar-refractivity contribution in [2.24, 2.45) is 16.5 Å². The fraction of sp³-hybridized carbons (Fsp3) is 0.400. The predicted octanol–water partition coefficient (Wildman–Crippen LogP) is -1.88. The number of aromatic nitrogens is 2. The van der Waals surface area contributed by atoms with Gasteiger partial charge in [0, 0.05) is 17.3 Å². The number of nitrogens with one attached hydrogen (secondary N) is 4. The first-order valence-electron chi connectivity index (χ1n) is 11.0. The second-order valence-corrected chi connectivity index (χ2v) is 9.59. The van der Waals surface area contributed by atoms with E-state index in [1.165, 1.54) is 28.1 Å². The first kappa shape index (κ1) is 27.5. The highest BCUT2D eigenvalue weighted by molar-refractivity contribution is 7.14. The van der Waals surface area contributed by atoms with Gasteiger partial charge in [-0.3, -0.25) is 29.0 Å². The van der Waals surface area contributed by atoms with E-state index in [4.69, 9.17) is 16.6 Å². The highest BCUT2D eigenvalue weighted by Gasteiger charge is 2.26. The van der Waals surface area contributed by atoms with Gasteiger partial charge in [-0.1, -0.05) is 0 Å². The summed E-state index contributed by atoms with van der Waals surface area (Å²) in [6, 6.07) is -2.43. The molecule has 17 heteroatoms. The monoisotopic (exact) mass is 551 g/mol. The number of amides is 4. The molecule has 2 aromatic rings. The number of aliphatic carboxylic acids is 1. The smallest absolute Gasteiger partial charge is 0.305 e. The number of fused-ring (bicyclic) bond motifs is 5. The molecule has 198 valence electrons. The van der Waals surface area contributed by atoms with E-state index in [9.17, 15) is 24.0 Å². The van der Waals surface area contributed by atoms with E-state index in [1.807, 2.05) is 0 Å². The van der Waals surface area contributed by atoms with Crippen LogP contribution in [0.15, 0.2) is 15.8 Å². The number of thiazole rings is 2. The molecule has 0 aliphatic carbocycles. The molecular weight excluding hydrogens is 526 g/mol. The van der Waals surface area contributed by atoms with Crippen LogP contribution in [-0.2, 0) is 25.7 Å². The molecule has 2 atom stereocenters. The van der Waals surface area contributed by atoms with E-state index in [0.717, 1.165) is 0 Å². The first-order chi connectivity index (χ1) is 17.6. The van der Waals surface area contributed by atoms with Gasteiger partial charge in [-0.2, -0.15) is 0 Å². The molecule has 1 aliphatic rings. The molecule has 3 heterocycles. The van der Waals surface area contributed by atoms with Gasteiger partial charge in [0.2, 0.25) is 17.7 Å². The number of nitrogens with zero attached hydrogens (tertiary/aromatic N) is 3. The van der Waals surface area contributed by atoms with Crippen molar-refractivity contribution in [3.63, 3.8) is 0 Å². The average Bonchev–Trinajstić information content (AvgIpc) is 3.51. The van der Waals surface area contributed by atoms with Crippen LogP contribution in [0.5, 0.6) is 0 Å². The molecule has 0 radical (unpaired) electrons. The van der Waals surface area contributed by atoms with Gasteiger partial charge >= 0.3 is 5.97 Å². The van der Waals surface area contributed by atoms with Crippen molar-refractivity contribution in [1.29, 1.82) is 0 Å². The van der Waals surface area contributed by atoms with Crippen LogP contribution in [0.3, 0.4) is 0 Å². The van der Waals surface area contributed by atoms with Gasteiger partial charge < -0.3 is 37.8 Å². The number of carboxylic acid groups (broad SMARTS) is 1. The molecule has 2 aromatic heterocycles. The number of rotatable bonds is 6. The van der Waals surface area contributed by atoms with E-state index in [0.29, 0.717) is 22.1 Å².